The molecule has 18 heavy (non-hydrogen) atoms. The third-order valence-corrected chi connectivity index (χ3v) is 5.57. The summed E-state index contributed by atoms with van der Waals surface area (Å²) < 4.78 is 0. The Morgan fingerprint density at radius 3 is 2.00 bits per heavy atom. The molecule has 2 saturated carbocycles. The number of hydrogen-bond acceptors (Lipinski definition) is 2. The summed E-state index contributed by atoms with van der Waals surface area (Å²) in [6.07, 6.45) is 10.0. The maximum atomic E-state index is 4.01. The molecule has 2 heteroatoms. The van der Waals surface area contributed by atoms with Crippen molar-refractivity contribution in [3.05, 3.63) is 0 Å². The molecule has 2 unspecified atom stereocenters. The van der Waals surface area contributed by atoms with Gasteiger partial charge in [0.15, 0.2) is 0 Å². The van der Waals surface area contributed by atoms with E-state index < -0.39 is 0 Å². The first kappa shape index (κ1) is 12.9. The van der Waals surface area contributed by atoms with Gasteiger partial charge >= 0.3 is 0 Å². The Labute approximate surface area is 113 Å². The largest absolute Gasteiger partial charge is 0.311 e. The molecule has 0 amide bonds. The summed E-state index contributed by atoms with van der Waals surface area (Å²) in [5, 5.41) is 4.01. The Kier molecular flexibility index (Phi) is 3.95. The number of hydrogen-bond donors (Lipinski definition) is 1. The molecule has 3 rings (SSSR count). The minimum atomic E-state index is 0.788. The van der Waals surface area contributed by atoms with Crippen molar-refractivity contribution in [2.75, 3.05) is 13.1 Å². The van der Waals surface area contributed by atoms with Crippen molar-refractivity contribution in [1.82, 2.24) is 10.2 Å². The molecule has 0 spiro atoms. The van der Waals surface area contributed by atoms with Gasteiger partial charge in [0.05, 0.1) is 0 Å². The van der Waals surface area contributed by atoms with Crippen LogP contribution in [0.2, 0.25) is 0 Å². The van der Waals surface area contributed by atoms with Crippen LogP contribution in [0.5, 0.6) is 0 Å². The molecule has 2 nitrogen and oxygen atoms in total. The minimum Gasteiger partial charge on any atom is -0.311 e. The number of nitrogens with zero attached hydrogens (tertiary/aromatic N) is 1. The first-order chi connectivity index (χ1) is 8.74. The second-order valence-corrected chi connectivity index (χ2v) is 7.12. The van der Waals surface area contributed by atoms with Gasteiger partial charge in [-0.15, -0.1) is 0 Å². The highest BCUT2D eigenvalue weighted by atomic mass is 15.2. The van der Waals surface area contributed by atoms with Gasteiger partial charge < -0.3 is 10.2 Å². The Balaban J connectivity index is 1.47. The van der Waals surface area contributed by atoms with Crippen molar-refractivity contribution >= 4 is 0 Å². The maximum Gasteiger partial charge on any atom is 0.0121 e. The van der Waals surface area contributed by atoms with Gasteiger partial charge in [-0.3, -0.25) is 0 Å². The molecule has 0 aromatic carbocycles. The fourth-order valence-electron chi connectivity index (χ4n) is 4.15. The number of nitrogens with one attached hydrogen (secondary N) is 1. The summed E-state index contributed by atoms with van der Waals surface area (Å²) >= 11 is 0. The van der Waals surface area contributed by atoms with Crippen LogP contribution < -0.4 is 5.32 Å². The number of rotatable bonds is 3. The van der Waals surface area contributed by atoms with Crippen molar-refractivity contribution in [1.29, 1.82) is 0 Å². The van der Waals surface area contributed by atoms with Crippen molar-refractivity contribution in [3.8, 4) is 0 Å². The van der Waals surface area contributed by atoms with Crippen LogP contribution in [-0.2, 0) is 0 Å². The lowest BCUT2D eigenvalue weighted by Crippen LogP contribution is -2.51. The summed E-state index contributed by atoms with van der Waals surface area (Å²) in [5.41, 5.74) is 0. The van der Waals surface area contributed by atoms with Crippen LogP contribution in [0, 0.1) is 11.8 Å². The van der Waals surface area contributed by atoms with E-state index in [0.29, 0.717) is 0 Å². The molecule has 1 aliphatic heterocycles. The van der Waals surface area contributed by atoms with E-state index >= 15 is 0 Å². The molecule has 3 fully saturated rings. The lowest BCUT2D eigenvalue weighted by molar-refractivity contribution is 0.143. The van der Waals surface area contributed by atoms with Crippen LogP contribution in [0.1, 0.15) is 58.8 Å². The third kappa shape index (κ3) is 2.91. The molecule has 0 aromatic heterocycles. The van der Waals surface area contributed by atoms with Gasteiger partial charge in [-0.1, -0.05) is 20.3 Å². The van der Waals surface area contributed by atoms with Gasteiger partial charge in [-0.25, -0.2) is 0 Å². The SMILES string of the molecule is CC1CCCC(C)C1NC1CCN(C2CC2)CC1. The first-order valence-electron chi connectivity index (χ1n) is 8.24. The van der Waals surface area contributed by atoms with E-state index in [4.69, 9.17) is 0 Å². The lowest BCUT2D eigenvalue weighted by atomic mass is 9.78. The third-order valence-electron chi connectivity index (χ3n) is 5.57. The summed E-state index contributed by atoms with van der Waals surface area (Å²) in [7, 11) is 0. The van der Waals surface area contributed by atoms with Crippen molar-refractivity contribution in [2.24, 2.45) is 11.8 Å². The van der Waals surface area contributed by atoms with Gasteiger partial charge in [0.2, 0.25) is 0 Å². The molecule has 0 bridgehead atoms. The molecule has 1 saturated heterocycles. The van der Waals surface area contributed by atoms with E-state index in [1.54, 1.807) is 0 Å². The van der Waals surface area contributed by atoms with E-state index in [1.165, 1.54) is 58.0 Å². The fraction of sp³-hybridized carbons (Fsp3) is 1.00. The Morgan fingerprint density at radius 2 is 1.44 bits per heavy atom. The minimum absolute atomic E-state index is 0.788. The zero-order valence-electron chi connectivity index (χ0n) is 12.2. The average molecular weight is 250 g/mol. The van der Waals surface area contributed by atoms with E-state index in [9.17, 15) is 0 Å². The lowest BCUT2D eigenvalue weighted by Gasteiger charge is -2.40. The monoisotopic (exact) mass is 250 g/mol. The predicted octanol–water partition coefficient (Wildman–Crippen LogP) is 3.03. The Morgan fingerprint density at radius 1 is 0.833 bits per heavy atom. The highest BCUT2D eigenvalue weighted by molar-refractivity contribution is 4.91. The molecular formula is C16H30N2. The van der Waals surface area contributed by atoms with Gasteiger partial charge in [0.1, 0.15) is 0 Å². The van der Waals surface area contributed by atoms with Crippen LogP contribution in [0.15, 0.2) is 0 Å². The molecular weight excluding hydrogens is 220 g/mol. The highest BCUT2D eigenvalue weighted by Crippen LogP contribution is 2.32. The summed E-state index contributed by atoms with van der Waals surface area (Å²) in [4.78, 5) is 2.73. The highest BCUT2D eigenvalue weighted by Gasteiger charge is 2.34. The van der Waals surface area contributed by atoms with E-state index in [0.717, 1.165) is 30.0 Å². The van der Waals surface area contributed by atoms with Crippen LogP contribution in [0.4, 0.5) is 0 Å². The van der Waals surface area contributed by atoms with Crippen LogP contribution in [0.3, 0.4) is 0 Å². The Hall–Kier alpha value is -0.0800. The number of likely N-dealkylation sites (tertiary alicyclic amines) is 1. The normalized spacial score (nSPS) is 40.0. The second-order valence-electron chi connectivity index (χ2n) is 7.12. The topological polar surface area (TPSA) is 15.3 Å². The van der Waals surface area contributed by atoms with Crippen LogP contribution in [0.25, 0.3) is 0 Å². The summed E-state index contributed by atoms with van der Waals surface area (Å²) in [6, 6.07) is 2.56. The van der Waals surface area contributed by atoms with Crippen molar-refractivity contribution in [2.45, 2.75) is 76.9 Å². The molecule has 3 aliphatic rings. The fourth-order valence-corrected chi connectivity index (χ4v) is 4.15. The molecule has 0 aromatic rings. The maximum absolute atomic E-state index is 4.01. The smallest absolute Gasteiger partial charge is 0.0121 e. The second kappa shape index (κ2) is 5.50. The van der Waals surface area contributed by atoms with Crippen LogP contribution in [-0.4, -0.2) is 36.1 Å². The molecule has 1 heterocycles. The zero-order chi connectivity index (χ0) is 12.5. The zero-order valence-corrected chi connectivity index (χ0v) is 12.2. The van der Waals surface area contributed by atoms with Crippen molar-refractivity contribution < 1.29 is 0 Å². The van der Waals surface area contributed by atoms with E-state index in [-0.39, 0.29) is 0 Å². The van der Waals surface area contributed by atoms with Gasteiger partial charge in [0, 0.05) is 18.1 Å². The van der Waals surface area contributed by atoms with Gasteiger partial charge in [0.25, 0.3) is 0 Å². The van der Waals surface area contributed by atoms with Crippen LogP contribution >= 0.6 is 0 Å². The molecule has 0 radical (unpaired) electrons. The van der Waals surface area contributed by atoms with Gasteiger partial charge in [-0.05, 0) is 63.5 Å². The van der Waals surface area contributed by atoms with Gasteiger partial charge in [-0.2, -0.15) is 0 Å². The molecule has 2 aliphatic carbocycles. The van der Waals surface area contributed by atoms with Crippen molar-refractivity contribution in [3.63, 3.8) is 0 Å². The van der Waals surface area contributed by atoms with E-state index in [1.807, 2.05) is 0 Å². The Bertz CT molecular complexity index is 256. The molecule has 2 atom stereocenters. The quantitative estimate of drug-likeness (QED) is 0.828. The number of piperidine rings is 1. The summed E-state index contributed by atoms with van der Waals surface area (Å²) in [5.74, 6) is 1.77. The predicted molar refractivity (Wildman–Crippen MR) is 76.7 cm³/mol. The molecule has 1 N–H and O–H groups in total. The summed E-state index contributed by atoms with van der Waals surface area (Å²) in [6.45, 7) is 7.59. The standard InChI is InChI=1S/C16H30N2/c1-12-4-3-5-13(2)16(12)17-14-8-10-18(11-9-14)15-6-7-15/h12-17H,3-11H2,1-2H3. The van der Waals surface area contributed by atoms with E-state index in [2.05, 4.69) is 24.1 Å². The average Bonchev–Trinajstić information content (AvgIpc) is 3.19. The molecule has 104 valence electrons. The first-order valence-corrected chi connectivity index (χ1v) is 8.24.